The van der Waals surface area contributed by atoms with E-state index in [-0.39, 0.29) is 10.7 Å². The molecule has 1 aromatic carbocycles. The predicted molar refractivity (Wildman–Crippen MR) is 55.7 cm³/mol. The van der Waals surface area contributed by atoms with Crippen molar-refractivity contribution in [2.75, 3.05) is 0 Å². The lowest BCUT2D eigenvalue weighted by Crippen LogP contribution is -1.90. The minimum Gasteiger partial charge on any atom is -0.345 e. The Bertz CT molecular complexity index is 496. The molecule has 0 bridgehead atoms. The fraction of sp³-hybridized carbons (Fsp3) is 0. The van der Waals surface area contributed by atoms with Gasteiger partial charge in [-0.25, -0.2) is 4.98 Å². The van der Waals surface area contributed by atoms with Gasteiger partial charge in [-0.3, -0.25) is 10.1 Å². The van der Waals surface area contributed by atoms with E-state index in [9.17, 15) is 10.1 Å². The summed E-state index contributed by atoms with van der Waals surface area (Å²) in [6.07, 6.45) is 3.23. The number of halogens is 1. The molecule has 1 heterocycles. The number of nitro groups is 1. The first kappa shape index (κ1) is 9.67. The minimum atomic E-state index is -0.519. The van der Waals surface area contributed by atoms with Crippen LogP contribution >= 0.6 is 11.6 Å². The summed E-state index contributed by atoms with van der Waals surface area (Å²) in [5, 5.41) is 10.8. The van der Waals surface area contributed by atoms with Crippen molar-refractivity contribution in [1.29, 1.82) is 0 Å². The Labute approximate surface area is 89.9 Å². The van der Waals surface area contributed by atoms with E-state index in [1.807, 2.05) is 0 Å². The van der Waals surface area contributed by atoms with Gasteiger partial charge in [-0.1, -0.05) is 11.6 Å². The quantitative estimate of drug-likeness (QED) is 0.628. The van der Waals surface area contributed by atoms with Crippen molar-refractivity contribution in [3.8, 4) is 11.4 Å². The molecule has 0 amide bonds. The highest BCUT2D eigenvalue weighted by Crippen LogP contribution is 2.28. The first-order chi connectivity index (χ1) is 7.18. The lowest BCUT2D eigenvalue weighted by Gasteiger charge is -1.98. The highest BCUT2D eigenvalue weighted by Gasteiger charge is 2.13. The number of aromatic amines is 1. The minimum absolute atomic E-state index is 0.120. The fourth-order valence-electron chi connectivity index (χ4n) is 1.22. The number of nitrogens with one attached hydrogen (secondary N) is 1. The van der Waals surface area contributed by atoms with Crippen LogP contribution in [0.2, 0.25) is 5.02 Å². The third-order valence-corrected chi connectivity index (χ3v) is 2.23. The van der Waals surface area contributed by atoms with Crippen LogP contribution in [0.25, 0.3) is 11.4 Å². The van der Waals surface area contributed by atoms with Crippen LogP contribution in [0.1, 0.15) is 0 Å². The molecule has 0 aliphatic rings. The van der Waals surface area contributed by atoms with Gasteiger partial charge in [-0.05, 0) is 12.1 Å². The van der Waals surface area contributed by atoms with E-state index < -0.39 is 4.92 Å². The van der Waals surface area contributed by atoms with Crippen molar-refractivity contribution >= 4 is 17.3 Å². The topological polar surface area (TPSA) is 71.8 Å². The van der Waals surface area contributed by atoms with Crippen molar-refractivity contribution in [3.63, 3.8) is 0 Å². The second-order valence-electron chi connectivity index (χ2n) is 2.86. The van der Waals surface area contributed by atoms with Gasteiger partial charge in [0.05, 0.1) is 4.92 Å². The molecule has 0 atom stereocenters. The van der Waals surface area contributed by atoms with Crippen LogP contribution in [0.4, 0.5) is 5.69 Å². The molecule has 0 fully saturated rings. The van der Waals surface area contributed by atoms with Crippen LogP contribution in [-0.2, 0) is 0 Å². The molecule has 15 heavy (non-hydrogen) atoms. The van der Waals surface area contributed by atoms with E-state index in [1.165, 1.54) is 12.1 Å². The summed E-state index contributed by atoms with van der Waals surface area (Å²) in [6, 6.07) is 4.55. The average molecular weight is 224 g/mol. The third kappa shape index (κ3) is 1.82. The van der Waals surface area contributed by atoms with E-state index in [0.717, 1.165) is 0 Å². The van der Waals surface area contributed by atoms with Gasteiger partial charge in [-0.2, -0.15) is 0 Å². The molecule has 0 aliphatic carbocycles. The lowest BCUT2D eigenvalue weighted by molar-refractivity contribution is -0.384. The predicted octanol–water partition coefficient (Wildman–Crippen LogP) is 2.64. The van der Waals surface area contributed by atoms with Crippen molar-refractivity contribution in [1.82, 2.24) is 9.97 Å². The van der Waals surface area contributed by atoms with Gasteiger partial charge < -0.3 is 4.98 Å². The fourth-order valence-corrected chi connectivity index (χ4v) is 1.41. The number of imidazole rings is 1. The number of rotatable bonds is 2. The normalized spacial score (nSPS) is 10.2. The van der Waals surface area contributed by atoms with Crippen LogP contribution in [0.3, 0.4) is 0 Å². The van der Waals surface area contributed by atoms with E-state index in [1.54, 1.807) is 18.5 Å². The smallest absolute Gasteiger partial charge is 0.288 e. The Hall–Kier alpha value is -1.88. The molecule has 0 aliphatic heterocycles. The maximum absolute atomic E-state index is 10.6. The van der Waals surface area contributed by atoms with Gasteiger partial charge in [0.25, 0.3) is 5.69 Å². The maximum atomic E-state index is 10.6. The molecule has 5 nitrogen and oxygen atoms in total. The monoisotopic (exact) mass is 223 g/mol. The van der Waals surface area contributed by atoms with E-state index in [4.69, 9.17) is 11.6 Å². The molecular weight excluding hydrogens is 218 g/mol. The van der Waals surface area contributed by atoms with Crippen molar-refractivity contribution < 1.29 is 4.92 Å². The summed E-state index contributed by atoms with van der Waals surface area (Å²) in [6.45, 7) is 0. The first-order valence-corrected chi connectivity index (χ1v) is 4.50. The Kier molecular flexibility index (Phi) is 2.39. The zero-order chi connectivity index (χ0) is 10.8. The first-order valence-electron chi connectivity index (χ1n) is 4.12. The van der Waals surface area contributed by atoms with E-state index in [0.29, 0.717) is 11.4 Å². The van der Waals surface area contributed by atoms with Crippen LogP contribution < -0.4 is 0 Å². The Morgan fingerprint density at radius 2 is 2.27 bits per heavy atom. The highest BCUT2D eigenvalue weighted by molar-refractivity contribution is 6.32. The number of H-pyrrole nitrogens is 1. The summed E-state index contributed by atoms with van der Waals surface area (Å²) < 4.78 is 0. The lowest BCUT2D eigenvalue weighted by atomic mass is 10.2. The van der Waals surface area contributed by atoms with Crippen molar-refractivity contribution in [2.45, 2.75) is 0 Å². The molecule has 2 aromatic rings. The standard InChI is InChI=1S/C9H6ClN3O2/c10-7-2-1-6(5-8(7)13(14)15)9-11-3-4-12-9/h1-5H,(H,11,12). The molecule has 0 saturated carbocycles. The Balaban J connectivity index is 2.52. The number of nitrogens with zero attached hydrogens (tertiary/aromatic N) is 2. The maximum Gasteiger partial charge on any atom is 0.288 e. The molecule has 0 saturated heterocycles. The van der Waals surface area contributed by atoms with Gasteiger partial charge in [0.1, 0.15) is 10.8 Å². The number of hydrogen-bond acceptors (Lipinski definition) is 3. The van der Waals surface area contributed by atoms with Gasteiger partial charge >= 0.3 is 0 Å². The summed E-state index contributed by atoms with van der Waals surface area (Å²) in [5.41, 5.74) is 0.515. The van der Waals surface area contributed by atoms with Gasteiger partial charge in [0.15, 0.2) is 0 Å². The zero-order valence-corrected chi connectivity index (χ0v) is 8.23. The van der Waals surface area contributed by atoms with Crippen LogP contribution in [0.5, 0.6) is 0 Å². The summed E-state index contributed by atoms with van der Waals surface area (Å²) >= 11 is 5.68. The molecule has 0 spiro atoms. The SMILES string of the molecule is O=[N+]([O-])c1cc(-c2ncc[nH]2)ccc1Cl. The third-order valence-electron chi connectivity index (χ3n) is 1.91. The summed E-state index contributed by atoms with van der Waals surface area (Å²) in [7, 11) is 0. The second-order valence-corrected chi connectivity index (χ2v) is 3.27. The molecule has 2 rings (SSSR count). The summed E-state index contributed by atoms with van der Waals surface area (Å²) in [4.78, 5) is 17.0. The van der Waals surface area contributed by atoms with Crippen molar-refractivity contribution in [3.05, 3.63) is 45.7 Å². The van der Waals surface area contributed by atoms with E-state index in [2.05, 4.69) is 9.97 Å². The molecule has 0 radical (unpaired) electrons. The van der Waals surface area contributed by atoms with Gasteiger partial charge in [0.2, 0.25) is 0 Å². The average Bonchev–Trinajstić information content (AvgIpc) is 2.71. The van der Waals surface area contributed by atoms with E-state index >= 15 is 0 Å². The molecule has 1 aromatic heterocycles. The molecular formula is C9H6ClN3O2. The largest absolute Gasteiger partial charge is 0.345 e. The molecule has 1 N–H and O–H groups in total. The van der Waals surface area contributed by atoms with Gasteiger partial charge in [-0.15, -0.1) is 0 Å². The Morgan fingerprint density at radius 1 is 1.47 bits per heavy atom. The second kappa shape index (κ2) is 3.70. The molecule has 6 heteroatoms. The highest BCUT2D eigenvalue weighted by atomic mass is 35.5. The number of benzene rings is 1. The molecule has 0 unspecified atom stereocenters. The zero-order valence-electron chi connectivity index (χ0n) is 7.48. The number of aromatic nitrogens is 2. The Morgan fingerprint density at radius 3 is 2.87 bits per heavy atom. The van der Waals surface area contributed by atoms with Crippen LogP contribution in [0, 0.1) is 10.1 Å². The van der Waals surface area contributed by atoms with Crippen LogP contribution in [-0.4, -0.2) is 14.9 Å². The number of hydrogen-bond donors (Lipinski definition) is 1. The van der Waals surface area contributed by atoms with Gasteiger partial charge in [0, 0.05) is 24.0 Å². The van der Waals surface area contributed by atoms with Crippen LogP contribution in [0.15, 0.2) is 30.6 Å². The van der Waals surface area contributed by atoms with Crippen molar-refractivity contribution in [2.24, 2.45) is 0 Å². The summed E-state index contributed by atoms with van der Waals surface area (Å²) in [5.74, 6) is 0.578. The number of nitro benzene ring substituents is 1. The molecule has 76 valence electrons.